The van der Waals surface area contributed by atoms with Gasteiger partial charge in [-0.05, 0) is 32.9 Å². The molecule has 4 aromatic rings. The van der Waals surface area contributed by atoms with Gasteiger partial charge in [-0.25, -0.2) is 4.98 Å². The molecule has 0 bridgehead atoms. The van der Waals surface area contributed by atoms with Crippen LogP contribution in [0.1, 0.15) is 34.2 Å². The van der Waals surface area contributed by atoms with Crippen molar-refractivity contribution in [3.05, 3.63) is 47.0 Å². The number of rotatable bonds is 5. The second kappa shape index (κ2) is 7.16. The first kappa shape index (κ1) is 18.9. The molecule has 0 spiro atoms. The van der Waals surface area contributed by atoms with Crippen molar-refractivity contribution in [2.24, 2.45) is 7.05 Å². The number of aromatic nitrogens is 6. The van der Waals surface area contributed by atoms with E-state index in [1.165, 1.54) is 0 Å². The van der Waals surface area contributed by atoms with E-state index in [4.69, 9.17) is 4.52 Å². The molecule has 0 unspecified atom stereocenters. The number of amides is 1. The summed E-state index contributed by atoms with van der Waals surface area (Å²) >= 11 is 0. The first-order valence-electron chi connectivity index (χ1n) is 9.42. The van der Waals surface area contributed by atoms with Crippen molar-refractivity contribution in [2.45, 2.75) is 33.9 Å². The van der Waals surface area contributed by atoms with E-state index >= 15 is 0 Å². The van der Waals surface area contributed by atoms with E-state index in [1.54, 1.807) is 29.6 Å². The summed E-state index contributed by atoms with van der Waals surface area (Å²) < 4.78 is 8.94. The van der Waals surface area contributed by atoms with E-state index in [0.717, 1.165) is 17.8 Å². The maximum Gasteiger partial charge on any atom is 0.259 e. The summed E-state index contributed by atoms with van der Waals surface area (Å²) in [6.07, 6.45) is 3.81. The van der Waals surface area contributed by atoms with Crippen molar-refractivity contribution >= 4 is 17.0 Å². The van der Waals surface area contributed by atoms with Gasteiger partial charge in [-0.15, -0.1) is 0 Å². The Labute approximate surface area is 167 Å². The van der Waals surface area contributed by atoms with Gasteiger partial charge in [0, 0.05) is 45.1 Å². The molecule has 9 heteroatoms. The molecule has 4 aromatic heterocycles. The topological polar surface area (TPSA) is 94.9 Å². The minimum Gasteiger partial charge on any atom is -0.337 e. The van der Waals surface area contributed by atoms with E-state index in [2.05, 4.69) is 20.3 Å². The summed E-state index contributed by atoms with van der Waals surface area (Å²) in [5.41, 5.74) is 4.63. The second-order valence-electron chi connectivity index (χ2n) is 7.13. The standard InChI is InChI=1S/C20H23N7O2/c1-6-27-8-7-16(23-27)17-9-15(18-13(3)24-29-19(18)21-17)20(28)25(4)10-14-11-26(5)22-12(14)2/h7-9,11H,6,10H2,1-5H3. The number of fused-ring (bicyclic) bond motifs is 1. The highest BCUT2D eigenvalue weighted by Crippen LogP contribution is 2.27. The first-order valence-corrected chi connectivity index (χ1v) is 9.42. The summed E-state index contributed by atoms with van der Waals surface area (Å²) in [5.74, 6) is -0.136. The number of hydrogen-bond acceptors (Lipinski definition) is 6. The third-order valence-electron chi connectivity index (χ3n) is 4.94. The minimum atomic E-state index is -0.136. The van der Waals surface area contributed by atoms with Gasteiger partial charge in [-0.2, -0.15) is 10.2 Å². The molecule has 4 heterocycles. The predicted octanol–water partition coefficient (Wildman–Crippen LogP) is 2.73. The molecule has 0 radical (unpaired) electrons. The molecular formula is C20H23N7O2. The van der Waals surface area contributed by atoms with E-state index in [0.29, 0.717) is 40.3 Å². The van der Waals surface area contributed by atoms with Gasteiger partial charge in [0.25, 0.3) is 11.6 Å². The average Bonchev–Trinajstić information content (AvgIpc) is 3.40. The monoisotopic (exact) mass is 393 g/mol. The third-order valence-corrected chi connectivity index (χ3v) is 4.94. The number of nitrogens with zero attached hydrogens (tertiary/aromatic N) is 7. The number of aryl methyl sites for hydroxylation is 4. The van der Waals surface area contributed by atoms with Crippen LogP contribution in [-0.2, 0) is 20.1 Å². The Morgan fingerprint density at radius 2 is 2.00 bits per heavy atom. The summed E-state index contributed by atoms with van der Waals surface area (Å²) in [6, 6.07) is 3.64. The molecule has 0 aliphatic heterocycles. The Morgan fingerprint density at radius 1 is 1.21 bits per heavy atom. The Balaban J connectivity index is 1.75. The highest BCUT2D eigenvalue weighted by atomic mass is 16.5. The zero-order valence-electron chi connectivity index (χ0n) is 17.2. The minimum absolute atomic E-state index is 0.136. The van der Waals surface area contributed by atoms with Crippen LogP contribution in [-0.4, -0.2) is 47.6 Å². The van der Waals surface area contributed by atoms with Crippen LogP contribution in [0.25, 0.3) is 22.5 Å². The second-order valence-corrected chi connectivity index (χ2v) is 7.13. The summed E-state index contributed by atoms with van der Waals surface area (Å²) in [7, 11) is 3.64. The Morgan fingerprint density at radius 3 is 2.66 bits per heavy atom. The molecular weight excluding hydrogens is 370 g/mol. The largest absolute Gasteiger partial charge is 0.337 e. The normalized spacial score (nSPS) is 11.3. The highest BCUT2D eigenvalue weighted by molar-refractivity contribution is 6.06. The van der Waals surface area contributed by atoms with E-state index in [1.807, 2.05) is 44.0 Å². The van der Waals surface area contributed by atoms with Crippen molar-refractivity contribution in [2.75, 3.05) is 7.05 Å². The van der Waals surface area contributed by atoms with Crippen LogP contribution in [0.2, 0.25) is 0 Å². The van der Waals surface area contributed by atoms with Crippen molar-refractivity contribution in [3.8, 4) is 11.4 Å². The van der Waals surface area contributed by atoms with Gasteiger partial charge >= 0.3 is 0 Å². The van der Waals surface area contributed by atoms with Gasteiger partial charge in [0.2, 0.25) is 0 Å². The lowest BCUT2D eigenvalue weighted by Crippen LogP contribution is -2.26. The molecule has 0 aromatic carbocycles. The molecule has 4 rings (SSSR count). The molecule has 1 amide bonds. The molecule has 0 aliphatic rings. The lowest BCUT2D eigenvalue weighted by molar-refractivity contribution is 0.0786. The smallest absolute Gasteiger partial charge is 0.259 e. The zero-order chi connectivity index (χ0) is 20.7. The zero-order valence-corrected chi connectivity index (χ0v) is 17.2. The van der Waals surface area contributed by atoms with Crippen LogP contribution < -0.4 is 0 Å². The van der Waals surface area contributed by atoms with Crippen molar-refractivity contribution in [1.82, 2.24) is 34.6 Å². The number of carbonyl (C=O) groups excluding carboxylic acids is 1. The van der Waals surface area contributed by atoms with Crippen LogP contribution in [0.4, 0.5) is 0 Å². The third kappa shape index (κ3) is 3.39. The molecule has 9 nitrogen and oxygen atoms in total. The molecule has 0 atom stereocenters. The molecule has 0 aliphatic carbocycles. The molecule has 0 saturated heterocycles. The Kier molecular flexibility index (Phi) is 4.65. The fraction of sp³-hybridized carbons (Fsp3) is 0.350. The van der Waals surface area contributed by atoms with Gasteiger partial charge in [0.05, 0.1) is 28.0 Å². The summed E-state index contributed by atoms with van der Waals surface area (Å²) in [5, 5.41) is 13.5. The van der Waals surface area contributed by atoms with Crippen LogP contribution in [0, 0.1) is 13.8 Å². The SMILES string of the molecule is CCn1ccc(-c2cc(C(=O)N(C)Cc3cn(C)nc3C)c3c(C)noc3n2)n1. The average molecular weight is 393 g/mol. The van der Waals surface area contributed by atoms with Crippen molar-refractivity contribution in [1.29, 1.82) is 0 Å². The van der Waals surface area contributed by atoms with Gasteiger partial charge in [-0.1, -0.05) is 5.16 Å². The number of hydrogen-bond donors (Lipinski definition) is 0. The van der Waals surface area contributed by atoms with Crippen molar-refractivity contribution < 1.29 is 9.32 Å². The van der Waals surface area contributed by atoms with Crippen LogP contribution in [0.15, 0.2) is 29.0 Å². The van der Waals surface area contributed by atoms with Gasteiger partial charge < -0.3 is 9.42 Å². The first-order chi connectivity index (χ1) is 13.9. The Bertz CT molecular complexity index is 1200. The maximum atomic E-state index is 13.4. The molecule has 29 heavy (non-hydrogen) atoms. The van der Waals surface area contributed by atoms with Crippen LogP contribution >= 0.6 is 0 Å². The quantitative estimate of drug-likeness (QED) is 0.517. The summed E-state index contributed by atoms with van der Waals surface area (Å²) in [4.78, 5) is 19.5. The van der Waals surface area contributed by atoms with Crippen molar-refractivity contribution in [3.63, 3.8) is 0 Å². The van der Waals surface area contributed by atoms with E-state index in [9.17, 15) is 4.79 Å². The molecule has 0 N–H and O–H groups in total. The van der Waals surface area contributed by atoms with Crippen LogP contribution in [0.5, 0.6) is 0 Å². The molecule has 0 fully saturated rings. The van der Waals surface area contributed by atoms with E-state index in [-0.39, 0.29) is 5.91 Å². The highest BCUT2D eigenvalue weighted by Gasteiger charge is 2.23. The maximum absolute atomic E-state index is 13.4. The van der Waals surface area contributed by atoms with E-state index < -0.39 is 0 Å². The number of carbonyl (C=O) groups is 1. The van der Waals surface area contributed by atoms with Gasteiger partial charge in [0.15, 0.2) is 0 Å². The number of pyridine rings is 1. The predicted molar refractivity (Wildman–Crippen MR) is 107 cm³/mol. The molecule has 0 saturated carbocycles. The Hall–Kier alpha value is -3.49. The lowest BCUT2D eigenvalue weighted by Gasteiger charge is -2.17. The van der Waals surface area contributed by atoms with Crippen LogP contribution in [0.3, 0.4) is 0 Å². The fourth-order valence-corrected chi connectivity index (χ4v) is 3.41. The lowest BCUT2D eigenvalue weighted by atomic mass is 10.1. The molecule has 150 valence electrons. The van der Waals surface area contributed by atoms with Gasteiger partial charge in [-0.3, -0.25) is 14.2 Å². The summed E-state index contributed by atoms with van der Waals surface area (Å²) in [6.45, 7) is 6.96. The van der Waals surface area contributed by atoms with Gasteiger partial charge in [0.1, 0.15) is 5.69 Å². The fourth-order valence-electron chi connectivity index (χ4n) is 3.41.